The summed E-state index contributed by atoms with van der Waals surface area (Å²) < 4.78 is 0. The molecule has 0 bridgehead atoms. The molecule has 0 unspecified atom stereocenters. The van der Waals surface area contributed by atoms with Gasteiger partial charge in [0.15, 0.2) is 5.82 Å². The maximum Gasteiger partial charge on any atom is 0.232 e. The normalized spacial score (nSPS) is 19.7. The standard InChI is InChI=1S/C17H18N4OS/c22-17(13-10-23-15-6-2-1-5-12(13)15)20-14-9-18-11-19-16(14)21-7-3-4-8-21/h1-2,5-6,9,11,13H,3-4,7-8,10H2,(H,20,22)/t13-/m0/s1. The second-order valence-electron chi connectivity index (χ2n) is 5.84. The molecule has 1 N–H and O–H groups in total. The van der Waals surface area contributed by atoms with Gasteiger partial charge in [0, 0.05) is 23.7 Å². The number of carbonyl (C=O) groups excluding carboxylic acids is 1. The van der Waals surface area contributed by atoms with Gasteiger partial charge in [0.1, 0.15) is 12.0 Å². The van der Waals surface area contributed by atoms with Crippen LogP contribution < -0.4 is 10.2 Å². The van der Waals surface area contributed by atoms with Crippen LogP contribution in [0.2, 0.25) is 0 Å². The number of rotatable bonds is 3. The van der Waals surface area contributed by atoms with E-state index in [0.717, 1.165) is 30.2 Å². The van der Waals surface area contributed by atoms with Gasteiger partial charge in [-0.05, 0) is 24.5 Å². The summed E-state index contributed by atoms with van der Waals surface area (Å²) in [5, 5.41) is 3.05. The Bertz CT molecular complexity index is 730. The van der Waals surface area contributed by atoms with E-state index in [1.807, 2.05) is 18.2 Å². The predicted molar refractivity (Wildman–Crippen MR) is 92.0 cm³/mol. The summed E-state index contributed by atoms with van der Waals surface area (Å²) >= 11 is 1.74. The van der Waals surface area contributed by atoms with Crippen LogP contribution in [0, 0.1) is 0 Å². The first-order chi connectivity index (χ1) is 11.3. The lowest BCUT2D eigenvalue weighted by molar-refractivity contribution is -0.117. The van der Waals surface area contributed by atoms with E-state index in [4.69, 9.17) is 0 Å². The Labute approximate surface area is 139 Å². The molecule has 4 rings (SSSR count). The molecule has 0 radical (unpaired) electrons. The molecule has 0 saturated carbocycles. The molecule has 6 heteroatoms. The van der Waals surface area contributed by atoms with Gasteiger partial charge in [-0.1, -0.05) is 18.2 Å². The first kappa shape index (κ1) is 14.5. The minimum Gasteiger partial charge on any atom is -0.355 e. The van der Waals surface area contributed by atoms with Crippen molar-refractivity contribution in [2.24, 2.45) is 0 Å². The van der Waals surface area contributed by atoms with Crippen molar-refractivity contribution in [3.05, 3.63) is 42.4 Å². The summed E-state index contributed by atoms with van der Waals surface area (Å²) in [7, 11) is 0. The van der Waals surface area contributed by atoms with Gasteiger partial charge in [-0.3, -0.25) is 4.79 Å². The first-order valence-corrected chi connectivity index (χ1v) is 8.89. The summed E-state index contributed by atoms with van der Waals surface area (Å²) in [5.74, 6) is 1.54. The van der Waals surface area contributed by atoms with Crippen LogP contribution in [0.4, 0.5) is 11.5 Å². The van der Waals surface area contributed by atoms with E-state index in [9.17, 15) is 4.79 Å². The smallest absolute Gasteiger partial charge is 0.232 e. The summed E-state index contributed by atoms with van der Waals surface area (Å²) in [4.78, 5) is 24.6. The highest BCUT2D eigenvalue weighted by Crippen LogP contribution is 2.40. The third kappa shape index (κ3) is 2.79. The molecule has 3 heterocycles. The number of amides is 1. The number of nitrogens with zero attached hydrogens (tertiary/aromatic N) is 3. The predicted octanol–water partition coefficient (Wildman–Crippen LogP) is 2.90. The van der Waals surface area contributed by atoms with Crippen molar-refractivity contribution >= 4 is 29.2 Å². The number of hydrogen-bond acceptors (Lipinski definition) is 5. The van der Waals surface area contributed by atoms with Crippen LogP contribution >= 0.6 is 11.8 Å². The summed E-state index contributed by atoms with van der Waals surface area (Å²) in [5.41, 5.74) is 1.84. The van der Waals surface area contributed by atoms with Crippen molar-refractivity contribution in [1.82, 2.24) is 9.97 Å². The van der Waals surface area contributed by atoms with Gasteiger partial charge in [0.05, 0.1) is 12.1 Å². The second kappa shape index (κ2) is 6.20. The van der Waals surface area contributed by atoms with Crippen LogP contribution in [0.25, 0.3) is 0 Å². The Morgan fingerprint density at radius 3 is 2.96 bits per heavy atom. The maximum absolute atomic E-state index is 12.7. The fourth-order valence-electron chi connectivity index (χ4n) is 3.19. The number of benzene rings is 1. The molecular weight excluding hydrogens is 308 g/mol. The summed E-state index contributed by atoms with van der Waals surface area (Å²) in [6.45, 7) is 1.98. The fourth-order valence-corrected chi connectivity index (χ4v) is 4.42. The average Bonchev–Trinajstić information content (AvgIpc) is 3.25. The number of nitrogens with one attached hydrogen (secondary N) is 1. The van der Waals surface area contributed by atoms with Gasteiger partial charge >= 0.3 is 0 Å². The Morgan fingerprint density at radius 1 is 1.26 bits per heavy atom. The number of aromatic nitrogens is 2. The van der Waals surface area contributed by atoms with E-state index in [2.05, 4.69) is 26.3 Å². The fraction of sp³-hybridized carbons (Fsp3) is 0.353. The highest BCUT2D eigenvalue weighted by atomic mass is 32.2. The lowest BCUT2D eigenvalue weighted by Gasteiger charge is -2.20. The average molecular weight is 326 g/mol. The van der Waals surface area contributed by atoms with E-state index in [1.54, 1.807) is 24.3 Å². The van der Waals surface area contributed by atoms with Crippen LogP contribution in [0.15, 0.2) is 41.7 Å². The molecule has 0 spiro atoms. The van der Waals surface area contributed by atoms with Gasteiger partial charge in [0.2, 0.25) is 5.91 Å². The van der Waals surface area contributed by atoms with Gasteiger partial charge in [0.25, 0.3) is 0 Å². The minimum atomic E-state index is -0.108. The maximum atomic E-state index is 12.7. The van der Waals surface area contributed by atoms with E-state index in [1.165, 1.54) is 17.7 Å². The van der Waals surface area contributed by atoms with Gasteiger partial charge in [-0.25, -0.2) is 9.97 Å². The summed E-state index contributed by atoms with van der Waals surface area (Å²) in [6.07, 6.45) is 5.59. The molecule has 1 amide bonds. The molecule has 5 nitrogen and oxygen atoms in total. The topological polar surface area (TPSA) is 58.1 Å². The molecule has 1 fully saturated rings. The third-order valence-corrected chi connectivity index (χ3v) is 5.55. The number of anilines is 2. The molecule has 2 aromatic rings. The summed E-state index contributed by atoms with van der Waals surface area (Å²) in [6, 6.07) is 8.13. The zero-order chi connectivity index (χ0) is 15.6. The minimum absolute atomic E-state index is 0.0256. The lowest BCUT2D eigenvalue weighted by atomic mass is 10.0. The van der Waals surface area contributed by atoms with E-state index in [-0.39, 0.29) is 11.8 Å². The van der Waals surface area contributed by atoms with Crippen LogP contribution in [-0.4, -0.2) is 34.7 Å². The van der Waals surface area contributed by atoms with E-state index < -0.39 is 0 Å². The monoisotopic (exact) mass is 326 g/mol. The van der Waals surface area contributed by atoms with Gasteiger partial charge in [-0.2, -0.15) is 0 Å². The zero-order valence-electron chi connectivity index (χ0n) is 12.7. The zero-order valence-corrected chi connectivity index (χ0v) is 13.6. The highest BCUT2D eigenvalue weighted by Gasteiger charge is 2.30. The molecule has 23 heavy (non-hydrogen) atoms. The molecule has 1 aromatic heterocycles. The van der Waals surface area contributed by atoms with Crippen molar-refractivity contribution in [2.75, 3.05) is 29.1 Å². The molecule has 1 atom stereocenters. The van der Waals surface area contributed by atoms with Crippen molar-refractivity contribution in [2.45, 2.75) is 23.7 Å². The van der Waals surface area contributed by atoms with E-state index >= 15 is 0 Å². The van der Waals surface area contributed by atoms with Crippen molar-refractivity contribution in [3.63, 3.8) is 0 Å². The van der Waals surface area contributed by atoms with Gasteiger partial charge < -0.3 is 10.2 Å². The van der Waals surface area contributed by atoms with Crippen molar-refractivity contribution in [3.8, 4) is 0 Å². The molecule has 2 aliphatic rings. The molecule has 2 aliphatic heterocycles. The van der Waals surface area contributed by atoms with Crippen LogP contribution in [0.5, 0.6) is 0 Å². The van der Waals surface area contributed by atoms with Crippen LogP contribution in [0.1, 0.15) is 24.3 Å². The Hall–Kier alpha value is -2.08. The molecule has 1 aromatic carbocycles. The Balaban J connectivity index is 1.56. The van der Waals surface area contributed by atoms with Gasteiger partial charge in [-0.15, -0.1) is 11.8 Å². The Morgan fingerprint density at radius 2 is 2.09 bits per heavy atom. The number of hydrogen-bond donors (Lipinski definition) is 1. The number of thioether (sulfide) groups is 1. The molecule has 118 valence electrons. The molecular formula is C17H18N4OS. The lowest BCUT2D eigenvalue weighted by Crippen LogP contribution is -2.25. The van der Waals surface area contributed by atoms with E-state index in [0.29, 0.717) is 5.69 Å². The number of carbonyl (C=O) groups is 1. The van der Waals surface area contributed by atoms with Crippen molar-refractivity contribution in [1.29, 1.82) is 0 Å². The Kier molecular flexibility index (Phi) is 3.91. The van der Waals surface area contributed by atoms with Crippen LogP contribution in [0.3, 0.4) is 0 Å². The highest BCUT2D eigenvalue weighted by molar-refractivity contribution is 7.99. The largest absolute Gasteiger partial charge is 0.355 e. The molecule has 1 saturated heterocycles. The first-order valence-electron chi connectivity index (χ1n) is 7.90. The SMILES string of the molecule is O=C(Nc1cncnc1N1CCCC1)[C@H]1CSc2ccccc21. The van der Waals surface area contributed by atoms with Crippen molar-refractivity contribution < 1.29 is 4.79 Å². The van der Waals surface area contributed by atoms with Crippen LogP contribution in [-0.2, 0) is 4.79 Å². The number of fused-ring (bicyclic) bond motifs is 1. The molecule has 0 aliphatic carbocycles. The second-order valence-corrected chi connectivity index (χ2v) is 6.91. The third-order valence-electron chi connectivity index (χ3n) is 4.37. The quantitative estimate of drug-likeness (QED) is 0.940.